The van der Waals surface area contributed by atoms with Crippen molar-refractivity contribution in [1.29, 1.82) is 0 Å². The summed E-state index contributed by atoms with van der Waals surface area (Å²) >= 11 is 3.30. The number of esters is 1. The van der Waals surface area contributed by atoms with E-state index in [1.165, 1.54) is 24.4 Å². The minimum atomic E-state index is -0.670. The molecule has 1 N–H and O–H groups in total. The van der Waals surface area contributed by atoms with Crippen molar-refractivity contribution >= 4 is 34.0 Å². The van der Waals surface area contributed by atoms with Gasteiger partial charge in [-0.25, -0.2) is 14.6 Å². The summed E-state index contributed by atoms with van der Waals surface area (Å²) in [7, 11) is 0. The fraction of sp³-hybridized carbons (Fsp3) is 0. The molecule has 5 nitrogen and oxygen atoms in total. The van der Waals surface area contributed by atoms with Crippen molar-refractivity contribution in [3.63, 3.8) is 0 Å². The van der Waals surface area contributed by atoms with Gasteiger partial charge in [-0.05, 0) is 54.1 Å². The molecule has 0 fully saturated rings. The van der Waals surface area contributed by atoms with Gasteiger partial charge in [0.25, 0.3) is 5.91 Å². The Balaban J connectivity index is 1.63. The molecule has 0 bridgehead atoms. The monoisotopic (exact) mass is 440 g/mol. The third kappa shape index (κ3) is 5.34. The molecule has 28 heavy (non-hydrogen) atoms. The van der Waals surface area contributed by atoms with Crippen LogP contribution >= 0.6 is 15.9 Å². The number of amides is 1. The summed E-state index contributed by atoms with van der Waals surface area (Å²) in [5.74, 6) is -1.27. The molecule has 0 radical (unpaired) electrons. The van der Waals surface area contributed by atoms with E-state index in [1.807, 2.05) is 6.07 Å². The van der Waals surface area contributed by atoms with Crippen molar-refractivity contribution in [3.8, 4) is 5.75 Å². The van der Waals surface area contributed by atoms with Gasteiger partial charge in [-0.2, -0.15) is 5.10 Å². The Morgan fingerprint density at radius 3 is 2.50 bits per heavy atom. The summed E-state index contributed by atoms with van der Waals surface area (Å²) in [5, 5.41) is 3.91. The zero-order chi connectivity index (χ0) is 19.9. The molecule has 0 atom stereocenters. The maximum absolute atomic E-state index is 13.2. The predicted molar refractivity (Wildman–Crippen MR) is 107 cm³/mol. The molecule has 0 unspecified atom stereocenters. The number of ether oxygens (including phenoxy) is 1. The first-order valence-corrected chi connectivity index (χ1v) is 8.97. The van der Waals surface area contributed by atoms with Crippen LogP contribution in [0.4, 0.5) is 4.39 Å². The molecule has 0 aliphatic heterocycles. The Morgan fingerprint density at radius 1 is 0.964 bits per heavy atom. The molecule has 0 saturated carbocycles. The van der Waals surface area contributed by atoms with E-state index >= 15 is 0 Å². The normalized spacial score (nSPS) is 10.6. The molecule has 3 aromatic rings. The first kappa shape index (κ1) is 19.4. The molecule has 0 aliphatic carbocycles. The van der Waals surface area contributed by atoms with Gasteiger partial charge in [0.15, 0.2) is 0 Å². The molecule has 140 valence electrons. The maximum atomic E-state index is 13.2. The average molecular weight is 441 g/mol. The average Bonchev–Trinajstić information content (AvgIpc) is 2.68. The number of halogens is 2. The fourth-order valence-electron chi connectivity index (χ4n) is 2.30. The number of hydrogen-bond donors (Lipinski definition) is 1. The highest BCUT2D eigenvalue weighted by Crippen LogP contribution is 2.15. The Labute approximate surface area is 169 Å². The van der Waals surface area contributed by atoms with Gasteiger partial charge in [0.1, 0.15) is 11.6 Å². The number of rotatable bonds is 5. The predicted octanol–water partition coefficient (Wildman–Crippen LogP) is 4.57. The summed E-state index contributed by atoms with van der Waals surface area (Å²) in [4.78, 5) is 24.1. The van der Waals surface area contributed by atoms with E-state index in [0.29, 0.717) is 11.1 Å². The lowest BCUT2D eigenvalue weighted by Crippen LogP contribution is -2.17. The van der Waals surface area contributed by atoms with Gasteiger partial charge in [0.05, 0.1) is 11.8 Å². The smallest absolute Gasteiger partial charge is 0.343 e. The summed E-state index contributed by atoms with van der Waals surface area (Å²) in [5.41, 5.74) is 3.61. The Bertz CT molecular complexity index is 1050. The van der Waals surface area contributed by atoms with Crippen LogP contribution in [-0.2, 0) is 0 Å². The third-order valence-electron chi connectivity index (χ3n) is 3.60. The second-order valence-corrected chi connectivity index (χ2v) is 6.60. The van der Waals surface area contributed by atoms with Crippen LogP contribution in [0.1, 0.15) is 26.3 Å². The van der Waals surface area contributed by atoms with Crippen LogP contribution in [0.2, 0.25) is 0 Å². The van der Waals surface area contributed by atoms with E-state index in [4.69, 9.17) is 4.74 Å². The SMILES string of the molecule is O=C(N/N=C\c1cccc(OC(=O)c2cccc(F)c2)c1)c1cccc(Br)c1. The highest BCUT2D eigenvalue weighted by Gasteiger charge is 2.09. The van der Waals surface area contributed by atoms with E-state index in [2.05, 4.69) is 26.5 Å². The number of hydrogen-bond acceptors (Lipinski definition) is 4. The van der Waals surface area contributed by atoms with Crippen LogP contribution in [0.25, 0.3) is 0 Å². The molecule has 0 aromatic heterocycles. The highest BCUT2D eigenvalue weighted by atomic mass is 79.9. The molecule has 0 spiro atoms. The van der Waals surface area contributed by atoms with Gasteiger partial charge in [-0.3, -0.25) is 4.79 Å². The minimum absolute atomic E-state index is 0.111. The molecular formula is C21H14BrFN2O3. The molecule has 0 heterocycles. The van der Waals surface area contributed by atoms with Crippen LogP contribution in [0.15, 0.2) is 82.4 Å². The van der Waals surface area contributed by atoms with Gasteiger partial charge in [0.2, 0.25) is 0 Å². The number of nitrogens with zero attached hydrogens (tertiary/aromatic N) is 1. The first-order valence-electron chi connectivity index (χ1n) is 8.18. The summed E-state index contributed by atoms with van der Waals surface area (Å²) < 4.78 is 19.3. The lowest BCUT2D eigenvalue weighted by atomic mass is 10.2. The van der Waals surface area contributed by atoms with Crippen LogP contribution < -0.4 is 10.2 Å². The molecule has 1 amide bonds. The lowest BCUT2D eigenvalue weighted by Gasteiger charge is -2.05. The highest BCUT2D eigenvalue weighted by molar-refractivity contribution is 9.10. The second kappa shape index (κ2) is 9.05. The van der Waals surface area contributed by atoms with Gasteiger partial charge >= 0.3 is 5.97 Å². The lowest BCUT2D eigenvalue weighted by molar-refractivity contribution is 0.0734. The van der Waals surface area contributed by atoms with Crippen molar-refractivity contribution in [1.82, 2.24) is 5.43 Å². The third-order valence-corrected chi connectivity index (χ3v) is 4.09. The number of carbonyl (C=O) groups is 2. The number of nitrogens with one attached hydrogen (secondary N) is 1. The van der Waals surface area contributed by atoms with Crippen LogP contribution in [0.3, 0.4) is 0 Å². The summed E-state index contributed by atoms with van der Waals surface area (Å²) in [6.45, 7) is 0. The van der Waals surface area contributed by atoms with E-state index in [1.54, 1.807) is 42.5 Å². The Kier molecular flexibility index (Phi) is 6.29. The van der Waals surface area contributed by atoms with Gasteiger partial charge in [-0.15, -0.1) is 0 Å². The second-order valence-electron chi connectivity index (χ2n) is 5.68. The number of hydrazone groups is 1. The number of benzene rings is 3. The Morgan fingerprint density at radius 2 is 1.71 bits per heavy atom. The van der Waals surface area contributed by atoms with Gasteiger partial charge in [-0.1, -0.05) is 40.2 Å². The molecular weight excluding hydrogens is 427 g/mol. The molecule has 0 aliphatic rings. The maximum Gasteiger partial charge on any atom is 0.343 e. The van der Waals surface area contributed by atoms with Crippen molar-refractivity contribution in [2.75, 3.05) is 0 Å². The van der Waals surface area contributed by atoms with Gasteiger partial charge < -0.3 is 4.74 Å². The van der Waals surface area contributed by atoms with E-state index < -0.39 is 11.8 Å². The first-order chi connectivity index (χ1) is 13.5. The van der Waals surface area contributed by atoms with Crippen molar-refractivity contribution < 1.29 is 18.7 Å². The van der Waals surface area contributed by atoms with E-state index in [0.717, 1.165) is 10.5 Å². The molecule has 7 heteroatoms. The fourth-order valence-corrected chi connectivity index (χ4v) is 2.70. The minimum Gasteiger partial charge on any atom is -0.423 e. The standard InChI is InChI=1S/C21H14BrFN2O3/c22-17-7-2-5-15(11-17)20(26)25-24-13-14-4-1-9-19(10-14)28-21(27)16-6-3-8-18(23)12-16/h1-13H,(H,25,26)/b24-13-. The number of carbonyl (C=O) groups excluding carboxylic acids is 2. The van der Waals surface area contributed by atoms with E-state index in [-0.39, 0.29) is 17.2 Å². The van der Waals surface area contributed by atoms with Crippen LogP contribution in [0.5, 0.6) is 5.75 Å². The van der Waals surface area contributed by atoms with Crippen LogP contribution in [0, 0.1) is 5.82 Å². The van der Waals surface area contributed by atoms with Gasteiger partial charge in [0, 0.05) is 10.0 Å². The van der Waals surface area contributed by atoms with Crippen molar-refractivity contribution in [2.24, 2.45) is 5.10 Å². The van der Waals surface area contributed by atoms with Crippen molar-refractivity contribution in [3.05, 3.63) is 99.8 Å². The molecule has 3 rings (SSSR count). The molecule has 0 saturated heterocycles. The quantitative estimate of drug-likeness (QED) is 0.273. The zero-order valence-corrected chi connectivity index (χ0v) is 16.0. The van der Waals surface area contributed by atoms with Crippen molar-refractivity contribution in [2.45, 2.75) is 0 Å². The molecule has 3 aromatic carbocycles. The van der Waals surface area contributed by atoms with Crippen LogP contribution in [-0.4, -0.2) is 18.1 Å². The summed E-state index contributed by atoms with van der Waals surface area (Å²) in [6.07, 6.45) is 1.43. The summed E-state index contributed by atoms with van der Waals surface area (Å²) in [6, 6.07) is 18.7. The van der Waals surface area contributed by atoms with E-state index in [9.17, 15) is 14.0 Å². The largest absolute Gasteiger partial charge is 0.423 e. The topological polar surface area (TPSA) is 67.8 Å². The zero-order valence-electron chi connectivity index (χ0n) is 14.4. The Hall–Kier alpha value is -3.32.